The first-order chi connectivity index (χ1) is 12.1. The summed E-state index contributed by atoms with van der Waals surface area (Å²) in [6.07, 6.45) is 0. The Morgan fingerprint density at radius 2 is 0.815 bits per heavy atom. The molecule has 3 aromatic carbocycles. The molecule has 0 radical (unpaired) electrons. The molecule has 0 saturated carbocycles. The number of hydrogen-bond donors (Lipinski definition) is 2. The van der Waals surface area contributed by atoms with Crippen LogP contribution in [-0.4, -0.2) is 120 Å². The molecule has 0 spiro atoms. The Hall–Kier alpha value is 1.26. The fraction of sp³-hybridized carbons (Fsp3) is 0. The average molecular weight is 471 g/mol. The van der Waals surface area contributed by atoms with Gasteiger partial charge in [-0.05, 0) is 48.1 Å². The number of hydrogen-bond acceptors (Lipinski definition) is 4. The molecule has 0 aliphatic carbocycles. The normalized spacial score (nSPS) is 10.5. The first-order valence-corrected chi connectivity index (χ1v) is 11.1. The van der Waals surface area contributed by atoms with Gasteiger partial charge in [0.15, 0.2) is 21.4 Å². The second-order valence-electron chi connectivity index (χ2n) is 5.22. The molecule has 3 aromatic rings. The SMILES string of the molecule is O=[SH](=O)c1ccc(P(c2ccccc2)c2ccc([SH](=O)=O)cc2)cc1.[KH].[KH]. The molecule has 0 fully saturated rings. The summed E-state index contributed by atoms with van der Waals surface area (Å²) in [4.78, 5) is 0.556. The van der Waals surface area contributed by atoms with E-state index < -0.39 is 29.3 Å². The van der Waals surface area contributed by atoms with Gasteiger partial charge in [0.1, 0.15) is 0 Å². The summed E-state index contributed by atoms with van der Waals surface area (Å²) in [5, 5.41) is 3.11. The van der Waals surface area contributed by atoms with Crippen LogP contribution < -0.4 is 15.9 Å². The number of thiol groups is 2. The predicted octanol–water partition coefficient (Wildman–Crippen LogP) is 0.0884. The van der Waals surface area contributed by atoms with E-state index in [1.807, 2.05) is 54.6 Å². The molecule has 0 aliphatic rings. The van der Waals surface area contributed by atoms with E-state index in [-0.39, 0.29) is 113 Å². The molecule has 0 unspecified atom stereocenters. The van der Waals surface area contributed by atoms with Crippen LogP contribution in [0.2, 0.25) is 0 Å². The van der Waals surface area contributed by atoms with Gasteiger partial charge in [-0.3, -0.25) is 0 Å². The molecule has 0 aromatic heterocycles. The zero-order chi connectivity index (χ0) is 17.8. The van der Waals surface area contributed by atoms with E-state index in [1.165, 1.54) is 0 Å². The van der Waals surface area contributed by atoms with E-state index in [0.717, 1.165) is 15.9 Å². The molecule has 0 N–H and O–H groups in total. The van der Waals surface area contributed by atoms with E-state index in [2.05, 4.69) is 0 Å². The van der Waals surface area contributed by atoms with Crippen molar-refractivity contribution in [3.05, 3.63) is 78.9 Å². The maximum absolute atomic E-state index is 11.1. The molecule has 27 heavy (non-hydrogen) atoms. The number of benzene rings is 3. The van der Waals surface area contributed by atoms with Crippen LogP contribution in [0.25, 0.3) is 0 Å². The minimum atomic E-state index is -2.61. The van der Waals surface area contributed by atoms with Crippen LogP contribution >= 0.6 is 7.92 Å². The molecule has 0 saturated heterocycles. The fourth-order valence-electron chi connectivity index (χ4n) is 2.47. The second kappa shape index (κ2) is 12.8. The monoisotopic (exact) mass is 470 g/mol. The van der Waals surface area contributed by atoms with Gasteiger partial charge >= 0.3 is 103 Å². The summed E-state index contributed by atoms with van der Waals surface area (Å²) in [6.45, 7) is 0. The Balaban J connectivity index is 0.00000182. The van der Waals surface area contributed by atoms with Gasteiger partial charge in [0.25, 0.3) is 0 Å². The van der Waals surface area contributed by atoms with Crippen LogP contribution in [0.1, 0.15) is 0 Å². The van der Waals surface area contributed by atoms with Crippen molar-refractivity contribution in [1.29, 1.82) is 0 Å². The van der Waals surface area contributed by atoms with Crippen LogP contribution in [0.15, 0.2) is 88.7 Å². The van der Waals surface area contributed by atoms with Crippen molar-refractivity contribution >= 4 is 148 Å². The Kier molecular flexibility index (Phi) is 12.5. The molecule has 0 heterocycles. The van der Waals surface area contributed by atoms with Gasteiger partial charge in [-0.15, -0.1) is 0 Å². The first kappa shape index (κ1) is 26.3. The van der Waals surface area contributed by atoms with Crippen LogP contribution in [0.3, 0.4) is 0 Å². The van der Waals surface area contributed by atoms with Gasteiger partial charge in [-0.1, -0.05) is 54.6 Å². The molecule has 132 valence electrons. The molecule has 0 atom stereocenters. The van der Waals surface area contributed by atoms with E-state index in [4.69, 9.17) is 0 Å². The molecular weight excluding hydrogens is 453 g/mol. The minimum absolute atomic E-state index is 0. The summed E-state index contributed by atoms with van der Waals surface area (Å²) >= 11 is 0. The third-order valence-electron chi connectivity index (χ3n) is 3.65. The van der Waals surface area contributed by atoms with Crippen molar-refractivity contribution in [3.63, 3.8) is 0 Å². The Morgan fingerprint density at radius 1 is 0.481 bits per heavy atom. The summed E-state index contributed by atoms with van der Waals surface area (Å²) in [6, 6.07) is 23.6. The second-order valence-corrected chi connectivity index (χ2v) is 9.50. The molecule has 3 rings (SSSR count). The van der Waals surface area contributed by atoms with E-state index in [0.29, 0.717) is 0 Å². The van der Waals surface area contributed by atoms with Crippen molar-refractivity contribution in [2.75, 3.05) is 0 Å². The standard InChI is InChI=1S/C18H15O4PS2.2K.2H/c19-24(20)17-10-6-15(7-11-17)23(14-4-2-1-3-5-14)16-8-12-18(13-9-16)25(21)22;;;;/h1-13,24-25H;;;;. The maximum atomic E-state index is 11.1. The summed E-state index contributed by atoms with van der Waals surface area (Å²) in [7, 11) is -6.12. The van der Waals surface area contributed by atoms with Gasteiger partial charge < -0.3 is 0 Å². The van der Waals surface area contributed by atoms with E-state index >= 15 is 0 Å². The third kappa shape index (κ3) is 7.17. The summed E-state index contributed by atoms with van der Waals surface area (Å²) in [5.41, 5.74) is 0. The van der Waals surface area contributed by atoms with Crippen LogP contribution in [-0.2, 0) is 21.4 Å². The molecule has 4 nitrogen and oxygen atoms in total. The predicted molar refractivity (Wildman–Crippen MR) is 117 cm³/mol. The van der Waals surface area contributed by atoms with Crippen molar-refractivity contribution in [2.24, 2.45) is 0 Å². The van der Waals surface area contributed by atoms with Gasteiger partial charge in [0.05, 0.1) is 9.79 Å². The first-order valence-electron chi connectivity index (χ1n) is 7.40. The Morgan fingerprint density at radius 3 is 1.15 bits per heavy atom. The van der Waals surface area contributed by atoms with Crippen LogP contribution in [0.4, 0.5) is 0 Å². The van der Waals surface area contributed by atoms with Crippen molar-refractivity contribution < 1.29 is 16.8 Å². The number of rotatable bonds is 5. The van der Waals surface area contributed by atoms with Gasteiger partial charge in [0.2, 0.25) is 0 Å². The van der Waals surface area contributed by atoms with Gasteiger partial charge in [-0.2, -0.15) is 0 Å². The van der Waals surface area contributed by atoms with Gasteiger partial charge in [-0.25, -0.2) is 16.8 Å². The average Bonchev–Trinajstić information content (AvgIpc) is 2.64. The Labute approximate surface area is 248 Å². The zero-order valence-electron chi connectivity index (χ0n) is 13.0. The zero-order valence-corrected chi connectivity index (χ0v) is 15.7. The van der Waals surface area contributed by atoms with E-state index in [9.17, 15) is 16.8 Å². The van der Waals surface area contributed by atoms with E-state index in [1.54, 1.807) is 24.3 Å². The molecular formula is C18H17K2O4PS2. The third-order valence-corrected chi connectivity index (χ3v) is 7.54. The van der Waals surface area contributed by atoms with Gasteiger partial charge in [0, 0.05) is 0 Å². The summed E-state index contributed by atoms with van der Waals surface area (Å²) in [5.74, 6) is 0. The van der Waals surface area contributed by atoms with Crippen LogP contribution in [0, 0.1) is 0 Å². The van der Waals surface area contributed by atoms with Crippen LogP contribution in [0.5, 0.6) is 0 Å². The van der Waals surface area contributed by atoms with Crippen molar-refractivity contribution in [1.82, 2.24) is 0 Å². The molecule has 0 aliphatic heterocycles. The molecule has 0 bridgehead atoms. The summed E-state index contributed by atoms with van der Waals surface area (Å²) < 4.78 is 44.4. The van der Waals surface area contributed by atoms with Crippen molar-refractivity contribution in [3.8, 4) is 0 Å². The molecule has 0 amide bonds. The Bertz CT molecular complexity index is 938. The molecule has 9 heteroatoms. The topological polar surface area (TPSA) is 68.3 Å². The quantitative estimate of drug-likeness (QED) is 0.315. The fourth-order valence-corrected chi connectivity index (χ4v) is 5.52. The van der Waals surface area contributed by atoms with Crippen molar-refractivity contribution in [2.45, 2.75) is 9.79 Å².